The van der Waals surface area contributed by atoms with E-state index in [0.717, 1.165) is 16.7 Å². The van der Waals surface area contributed by atoms with Gasteiger partial charge < -0.3 is 5.32 Å². The van der Waals surface area contributed by atoms with Crippen LogP contribution in [-0.4, -0.2) is 5.91 Å². The standard InChI is InChI=1S/C13H16N2O2/c1-8-5-6-12(9(2)15-17)7-13(8)10(3)14-11(4)16/h5-7,9H,3H2,1-2,4H3,(H,14,16). The van der Waals surface area contributed by atoms with Gasteiger partial charge in [-0.3, -0.25) is 4.79 Å². The lowest BCUT2D eigenvalue weighted by atomic mass is 9.99. The maximum Gasteiger partial charge on any atom is 0.221 e. The number of amides is 1. The van der Waals surface area contributed by atoms with E-state index in [9.17, 15) is 9.70 Å². The van der Waals surface area contributed by atoms with Crippen molar-refractivity contribution in [3.8, 4) is 0 Å². The van der Waals surface area contributed by atoms with Crippen molar-refractivity contribution in [3.05, 3.63) is 46.4 Å². The van der Waals surface area contributed by atoms with Crippen LogP contribution in [0.15, 0.2) is 30.0 Å². The van der Waals surface area contributed by atoms with Gasteiger partial charge in [0.15, 0.2) is 0 Å². The van der Waals surface area contributed by atoms with Crippen molar-refractivity contribution in [2.45, 2.75) is 26.8 Å². The lowest BCUT2D eigenvalue weighted by molar-refractivity contribution is -0.117. The van der Waals surface area contributed by atoms with Crippen LogP contribution in [0.1, 0.15) is 36.6 Å². The predicted octanol–water partition coefficient (Wildman–Crippen LogP) is 2.93. The molecule has 1 aromatic carbocycles. The van der Waals surface area contributed by atoms with Crippen molar-refractivity contribution in [3.63, 3.8) is 0 Å². The number of hydrogen-bond acceptors (Lipinski definition) is 3. The van der Waals surface area contributed by atoms with Crippen LogP contribution in [0, 0.1) is 11.8 Å². The number of nitrogens with one attached hydrogen (secondary N) is 1. The molecular weight excluding hydrogens is 216 g/mol. The molecule has 0 saturated heterocycles. The van der Waals surface area contributed by atoms with E-state index in [1.54, 1.807) is 6.92 Å². The Morgan fingerprint density at radius 2 is 2.12 bits per heavy atom. The monoisotopic (exact) mass is 232 g/mol. The van der Waals surface area contributed by atoms with Crippen LogP contribution in [0.25, 0.3) is 5.70 Å². The summed E-state index contributed by atoms with van der Waals surface area (Å²) in [5.41, 5.74) is 3.17. The van der Waals surface area contributed by atoms with Crippen molar-refractivity contribution in [1.82, 2.24) is 5.32 Å². The average molecular weight is 232 g/mol. The Kier molecular flexibility index (Phi) is 4.15. The second-order valence-electron chi connectivity index (χ2n) is 4.02. The van der Waals surface area contributed by atoms with E-state index in [2.05, 4.69) is 17.1 Å². The smallest absolute Gasteiger partial charge is 0.221 e. The Labute approximate surface area is 101 Å². The second kappa shape index (κ2) is 5.39. The van der Waals surface area contributed by atoms with Gasteiger partial charge in [0.2, 0.25) is 5.91 Å². The number of hydrogen-bond donors (Lipinski definition) is 1. The third kappa shape index (κ3) is 3.24. The fraction of sp³-hybridized carbons (Fsp3) is 0.308. The van der Waals surface area contributed by atoms with Gasteiger partial charge in [0.25, 0.3) is 0 Å². The maximum absolute atomic E-state index is 11.0. The summed E-state index contributed by atoms with van der Waals surface area (Å²) in [6, 6.07) is 5.17. The Hall–Kier alpha value is -1.97. The highest BCUT2D eigenvalue weighted by atomic mass is 16.3. The summed E-state index contributed by atoms with van der Waals surface area (Å²) in [5, 5.41) is 5.62. The van der Waals surface area contributed by atoms with Crippen molar-refractivity contribution in [1.29, 1.82) is 0 Å². The van der Waals surface area contributed by atoms with Gasteiger partial charge >= 0.3 is 0 Å². The first kappa shape index (κ1) is 13.1. The van der Waals surface area contributed by atoms with Crippen molar-refractivity contribution < 1.29 is 4.79 Å². The maximum atomic E-state index is 11.0. The molecule has 0 aromatic heterocycles. The minimum absolute atomic E-state index is 0.165. The zero-order chi connectivity index (χ0) is 13.0. The number of carbonyl (C=O) groups excluding carboxylic acids is 1. The molecule has 1 amide bonds. The van der Waals surface area contributed by atoms with Crippen LogP contribution in [-0.2, 0) is 4.79 Å². The first-order valence-electron chi connectivity index (χ1n) is 5.35. The average Bonchev–Trinajstić information content (AvgIpc) is 2.27. The zero-order valence-corrected chi connectivity index (χ0v) is 10.3. The topological polar surface area (TPSA) is 58.5 Å². The summed E-state index contributed by atoms with van der Waals surface area (Å²) < 4.78 is 0. The number of benzene rings is 1. The predicted molar refractivity (Wildman–Crippen MR) is 68.2 cm³/mol. The molecule has 0 fully saturated rings. The van der Waals surface area contributed by atoms with Gasteiger partial charge in [-0.25, -0.2) is 0 Å². The van der Waals surface area contributed by atoms with Gasteiger partial charge in [-0.2, -0.15) is 4.91 Å². The molecule has 17 heavy (non-hydrogen) atoms. The number of rotatable bonds is 4. The summed E-state index contributed by atoms with van der Waals surface area (Å²) in [4.78, 5) is 21.5. The Balaban J connectivity index is 3.10. The van der Waals surface area contributed by atoms with Gasteiger partial charge in [-0.05, 0) is 31.0 Å². The number of aryl methyl sites for hydroxylation is 1. The van der Waals surface area contributed by atoms with Crippen LogP contribution in [0.4, 0.5) is 0 Å². The molecule has 0 aliphatic heterocycles. The third-order valence-corrected chi connectivity index (χ3v) is 2.55. The summed E-state index contributed by atoms with van der Waals surface area (Å²) in [6.07, 6.45) is 0. The van der Waals surface area contributed by atoms with Crippen molar-refractivity contribution in [2.24, 2.45) is 5.18 Å². The number of nitroso groups, excluding NO2 is 1. The SMILES string of the molecule is C=C(NC(C)=O)c1cc(C(C)N=O)ccc1C. The van der Waals surface area contributed by atoms with Crippen molar-refractivity contribution in [2.75, 3.05) is 0 Å². The molecule has 0 spiro atoms. The summed E-state index contributed by atoms with van der Waals surface area (Å²) in [6.45, 7) is 8.89. The van der Waals surface area contributed by atoms with E-state index in [-0.39, 0.29) is 5.91 Å². The molecule has 0 bridgehead atoms. The molecular formula is C13H16N2O2. The lowest BCUT2D eigenvalue weighted by Crippen LogP contribution is -2.17. The third-order valence-electron chi connectivity index (χ3n) is 2.55. The molecule has 1 N–H and O–H groups in total. The van der Waals surface area contributed by atoms with Gasteiger partial charge in [-0.1, -0.05) is 23.9 Å². The lowest BCUT2D eigenvalue weighted by Gasteiger charge is -2.12. The Morgan fingerprint density at radius 1 is 1.47 bits per heavy atom. The first-order valence-corrected chi connectivity index (χ1v) is 5.35. The van der Waals surface area contributed by atoms with E-state index < -0.39 is 6.04 Å². The molecule has 0 heterocycles. The first-order chi connectivity index (χ1) is 7.95. The molecule has 0 radical (unpaired) electrons. The summed E-state index contributed by atoms with van der Waals surface area (Å²) >= 11 is 0. The van der Waals surface area contributed by atoms with Crippen LogP contribution >= 0.6 is 0 Å². The van der Waals surface area contributed by atoms with Crippen LogP contribution in [0.5, 0.6) is 0 Å². The quantitative estimate of drug-likeness (QED) is 0.811. The second-order valence-corrected chi connectivity index (χ2v) is 4.02. The molecule has 1 unspecified atom stereocenters. The highest BCUT2D eigenvalue weighted by Gasteiger charge is 2.10. The number of nitrogens with zero attached hydrogens (tertiary/aromatic N) is 1. The molecule has 0 saturated carbocycles. The molecule has 1 aromatic rings. The van der Waals surface area contributed by atoms with Crippen molar-refractivity contribution >= 4 is 11.6 Å². The minimum Gasteiger partial charge on any atom is -0.326 e. The van der Waals surface area contributed by atoms with E-state index in [1.807, 2.05) is 25.1 Å². The van der Waals surface area contributed by atoms with Gasteiger partial charge in [-0.15, -0.1) is 0 Å². The van der Waals surface area contributed by atoms with Crippen LogP contribution in [0.2, 0.25) is 0 Å². The Bertz CT molecular complexity index is 466. The molecule has 4 heteroatoms. The largest absolute Gasteiger partial charge is 0.326 e. The van der Waals surface area contributed by atoms with Gasteiger partial charge in [0.1, 0.15) is 6.04 Å². The zero-order valence-electron chi connectivity index (χ0n) is 10.3. The minimum atomic E-state index is -0.403. The summed E-state index contributed by atoms with van der Waals surface area (Å²) in [5.74, 6) is -0.165. The molecule has 1 rings (SSSR count). The molecule has 4 nitrogen and oxygen atoms in total. The van der Waals surface area contributed by atoms with E-state index in [1.165, 1.54) is 6.92 Å². The highest BCUT2D eigenvalue weighted by molar-refractivity contribution is 5.84. The molecule has 0 aliphatic rings. The molecule has 1 atom stereocenters. The summed E-state index contributed by atoms with van der Waals surface area (Å²) in [7, 11) is 0. The van der Waals surface area contributed by atoms with Gasteiger partial charge in [0, 0.05) is 18.2 Å². The fourth-order valence-electron chi connectivity index (χ4n) is 1.57. The molecule has 90 valence electrons. The number of carbonyl (C=O) groups is 1. The highest BCUT2D eigenvalue weighted by Crippen LogP contribution is 2.23. The van der Waals surface area contributed by atoms with Crippen LogP contribution < -0.4 is 5.32 Å². The van der Waals surface area contributed by atoms with Crippen LogP contribution in [0.3, 0.4) is 0 Å². The Morgan fingerprint density at radius 3 is 2.65 bits per heavy atom. The normalized spacial score (nSPS) is 11.7. The van der Waals surface area contributed by atoms with E-state index >= 15 is 0 Å². The molecule has 0 aliphatic carbocycles. The fourth-order valence-corrected chi connectivity index (χ4v) is 1.57. The van der Waals surface area contributed by atoms with Gasteiger partial charge in [0.05, 0.1) is 0 Å². The van der Waals surface area contributed by atoms with E-state index in [0.29, 0.717) is 5.70 Å². The van der Waals surface area contributed by atoms with E-state index in [4.69, 9.17) is 0 Å².